The maximum atomic E-state index is 4.58. The molecule has 1 nitrogen and oxygen atoms in total. The summed E-state index contributed by atoms with van der Waals surface area (Å²) in [5.41, 5.74) is 7.76. The molecule has 20 heavy (non-hydrogen) atoms. The van der Waals surface area contributed by atoms with E-state index < -0.39 is 0 Å². The molecule has 0 unspecified atom stereocenters. The highest BCUT2D eigenvalue weighted by atomic mass is 14.6. The largest absolute Gasteiger partial charge is 0.256 e. The summed E-state index contributed by atoms with van der Waals surface area (Å²) >= 11 is 0. The van der Waals surface area contributed by atoms with Gasteiger partial charge in [-0.25, -0.2) is 0 Å². The van der Waals surface area contributed by atoms with Gasteiger partial charge in [0.05, 0.1) is 5.52 Å². The molecule has 0 aliphatic heterocycles. The van der Waals surface area contributed by atoms with Crippen molar-refractivity contribution in [3.05, 3.63) is 71.4 Å². The second kappa shape index (κ2) is 4.31. The number of hydrogen-bond acceptors (Lipinski definition) is 1. The Morgan fingerprint density at radius 2 is 1.90 bits per heavy atom. The molecule has 1 aromatic heterocycles. The van der Waals surface area contributed by atoms with E-state index in [2.05, 4.69) is 60.4 Å². The van der Waals surface area contributed by atoms with Crippen molar-refractivity contribution in [2.45, 2.75) is 13.3 Å². The number of nitrogens with zero attached hydrogens (tertiary/aromatic N) is 1. The number of hydrogen-bond donors (Lipinski definition) is 0. The van der Waals surface area contributed by atoms with Crippen LogP contribution < -0.4 is 0 Å². The fourth-order valence-electron chi connectivity index (χ4n) is 3.01. The highest BCUT2D eigenvalue weighted by Crippen LogP contribution is 2.34. The summed E-state index contributed by atoms with van der Waals surface area (Å²) in [6, 6.07) is 17.1. The van der Waals surface area contributed by atoms with Gasteiger partial charge >= 0.3 is 0 Å². The Bertz CT molecular complexity index is 843. The second-order valence-electron chi connectivity index (χ2n) is 5.46. The first kappa shape index (κ1) is 11.4. The number of pyridine rings is 1. The highest BCUT2D eigenvalue weighted by molar-refractivity contribution is 5.87. The van der Waals surface area contributed by atoms with Crippen molar-refractivity contribution >= 4 is 17.0 Å². The predicted molar refractivity (Wildman–Crippen MR) is 84.5 cm³/mol. The Morgan fingerprint density at radius 3 is 2.85 bits per heavy atom. The molecule has 96 valence electrons. The van der Waals surface area contributed by atoms with Crippen LogP contribution in [0.4, 0.5) is 0 Å². The number of benzene rings is 2. The average molecular weight is 257 g/mol. The molecule has 0 atom stereocenters. The van der Waals surface area contributed by atoms with Gasteiger partial charge in [0.2, 0.25) is 0 Å². The van der Waals surface area contributed by atoms with Crippen molar-refractivity contribution in [1.29, 1.82) is 0 Å². The minimum absolute atomic E-state index is 1.05. The third-order valence-corrected chi connectivity index (χ3v) is 3.96. The number of fused-ring (bicyclic) bond motifs is 2. The van der Waals surface area contributed by atoms with Gasteiger partial charge in [-0.15, -0.1) is 0 Å². The maximum Gasteiger partial charge on any atom is 0.0702 e. The fraction of sp³-hybridized carbons (Fsp3) is 0.105. The van der Waals surface area contributed by atoms with Crippen LogP contribution in [0.15, 0.2) is 60.3 Å². The first-order valence-electron chi connectivity index (χ1n) is 6.95. The van der Waals surface area contributed by atoms with Gasteiger partial charge in [0, 0.05) is 17.1 Å². The molecule has 2 aromatic carbocycles. The van der Waals surface area contributed by atoms with Gasteiger partial charge < -0.3 is 0 Å². The van der Waals surface area contributed by atoms with E-state index in [1.807, 2.05) is 12.3 Å². The minimum Gasteiger partial charge on any atom is -0.256 e. The van der Waals surface area contributed by atoms with E-state index in [-0.39, 0.29) is 0 Å². The minimum atomic E-state index is 1.05. The Kier molecular flexibility index (Phi) is 2.46. The summed E-state index contributed by atoms with van der Waals surface area (Å²) in [7, 11) is 0. The predicted octanol–water partition coefficient (Wildman–Crippen LogP) is 4.86. The lowest BCUT2D eigenvalue weighted by molar-refractivity contribution is 1.20. The Hall–Kier alpha value is -2.41. The Labute approximate surface area is 118 Å². The van der Waals surface area contributed by atoms with E-state index in [4.69, 9.17) is 0 Å². The molecule has 1 aliphatic carbocycles. The van der Waals surface area contributed by atoms with Gasteiger partial charge in [-0.3, -0.25) is 4.98 Å². The van der Waals surface area contributed by atoms with E-state index in [1.54, 1.807) is 0 Å². The lowest BCUT2D eigenvalue weighted by atomic mass is 9.97. The zero-order valence-electron chi connectivity index (χ0n) is 11.4. The molecule has 0 saturated heterocycles. The number of rotatable bonds is 1. The van der Waals surface area contributed by atoms with Crippen LogP contribution in [0.1, 0.15) is 18.1 Å². The van der Waals surface area contributed by atoms with Gasteiger partial charge in [0.25, 0.3) is 0 Å². The zero-order valence-corrected chi connectivity index (χ0v) is 11.4. The van der Waals surface area contributed by atoms with Crippen LogP contribution >= 0.6 is 0 Å². The number of aromatic nitrogens is 1. The van der Waals surface area contributed by atoms with Crippen molar-refractivity contribution in [1.82, 2.24) is 4.98 Å². The first-order valence-corrected chi connectivity index (χ1v) is 6.95. The molecule has 1 heteroatoms. The van der Waals surface area contributed by atoms with Crippen LogP contribution in [0.3, 0.4) is 0 Å². The van der Waals surface area contributed by atoms with Gasteiger partial charge in [-0.1, -0.05) is 48.0 Å². The topological polar surface area (TPSA) is 12.9 Å². The molecule has 1 aliphatic rings. The SMILES string of the molecule is CC1=Cc2c(cccc2-c2cnc3ccccc3c2)C1. The molecule has 0 bridgehead atoms. The van der Waals surface area contributed by atoms with E-state index in [0.717, 1.165) is 11.9 Å². The van der Waals surface area contributed by atoms with Crippen LogP contribution in [0.5, 0.6) is 0 Å². The summed E-state index contributed by atoms with van der Waals surface area (Å²) in [6.07, 6.45) is 5.36. The number of para-hydroxylation sites is 1. The lowest BCUT2D eigenvalue weighted by Crippen LogP contribution is -1.88. The van der Waals surface area contributed by atoms with Crippen LogP contribution in [0, 0.1) is 0 Å². The molecule has 0 amide bonds. The van der Waals surface area contributed by atoms with Crippen LogP contribution in [-0.2, 0) is 6.42 Å². The molecule has 0 N–H and O–H groups in total. The van der Waals surface area contributed by atoms with Gasteiger partial charge in [0.15, 0.2) is 0 Å². The van der Waals surface area contributed by atoms with Crippen molar-refractivity contribution in [3.63, 3.8) is 0 Å². The highest BCUT2D eigenvalue weighted by Gasteiger charge is 2.14. The monoisotopic (exact) mass is 257 g/mol. The number of allylic oxidation sites excluding steroid dienone is 1. The normalized spacial score (nSPS) is 13.3. The van der Waals surface area contributed by atoms with Crippen LogP contribution in [0.25, 0.3) is 28.1 Å². The maximum absolute atomic E-state index is 4.58. The third kappa shape index (κ3) is 1.75. The summed E-state index contributed by atoms with van der Waals surface area (Å²) in [4.78, 5) is 4.58. The van der Waals surface area contributed by atoms with Gasteiger partial charge in [-0.2, -0.15) is 0 Å². The van der Waals surface area contributed by atoms with Crippen molar-refractivity contribution in [2.75, 3.05) is 0 Å². The first-order chi connectivity index (χ1) is 9.81. The summed E-state index contributed by atoms with van der Waals surface area (Å²) in [5, 5.41) is 1.20. The van der Waals surface area contributed by atoms with Crippen LogP contribution in [-0.4, -0.2) is 4.98 Å². The third-order valence-electron chi connectivity index (χ3n) is 3.96. The summed E-state index contributed by atoms with van der Waals surface area (Å²) in [6.45, 7) is 2.20. The molecule has 4 rings (SSSR count). The van der Waals surface area contributed by atoms with Crippen molar-refractivity contribution in [2.24, 2.45) is 0 Å². The molecule has 0 saturated carbocycles. The Balaban J connectivity index is 1.94. The zero-order chi connectivity index (χ0) is 13.5. The molecule has 1 heterocycles. The second-order valence-corrected chi connectivity index (χ2v) is 5.46. The summed E-state index contributed by atoms with van der Waals surface area (Å²) < 4.78 is 0. The van der Waals surface area contributed by atoms with Crippen molar-refractivity contribution in [3.8, 4) is 11.1 Å². The molecular weight excluding hydrogens is 242 g/mol. The average Bonchev–Trinajstić information content (AvgIpc) is 2.86. The van der Waals surface area contributed by atoms with E-state index >= 15 is 0 Å². The summed E-state index contributed by atoms with van der Waals surface area (Å²) in [5.74, 6) is 0. The lowest BCUT2D eigenvalue weighted by Gasteiger charge is -2.08. The van der Waals surface area contributed by atoms with Gasteiger partial charge in [-0.05, 0) is 42.2 Å². The molecular formula is C19H15N. The van der Waals surface area contributed by atoms with Crippen LogP contribution in [0.2, 0.25) is 0 Å². The quantitative estimate of drug-likeness (QED) is 0.606. The molecule has 0 fully saturated rings. The van der Waals surface area contributed by atoms with E-state index in [1.165, 1.54) is 33.2 Å². The van der Waals surface area contributed by atoms with Gasteiger partial charge in [0.1, 0.15) is 0 Å². The molecule has 0 spiro atoms. The molecule has 3 aromatic rings. The standard InChI is InChI=1S/C19H15N/c1-13-9-14-6-4-7-17(18(14)10-13)16-11-15-5-2-3-8-19(15)20-12-16/h2-8,10-12H,9H2,1H3. The van der Waals surface area contributed by atoms with Crippen molar-refractivity contribution < 1.29 is 0 Å². The smallest absolute Gasteiger partial charge is 0.0702 e. The fourth-order valence-corrected chi connectivity index (χ4v) is 3.01. The van der Waals surface area contributed by atoms with E-state index in [9.17, 15) is 0 Å². The van der Waals surface area contributed by atoms with E-state index in [0.29, 0.717) is 0 Å². The molecule has 0 radical (unpaired) electrons. The Morgan fingerprint density at radius 1 is 1.00 bits per heavy atom.